The lowest BCUT2D eigenvalue weighted by Crippen LogP contribution is -2.50. The topological polar surface area (TPSA) is 75.1 Å². The molecule has 1 aliphatic heterocycles. The number of ether oxygens (including phenoxy) is 1. The van der Waals surface area contributed by atoms with Crippen molar-refractivity contribution < 1.29 is 9.53 Å². The minimum absolute atomic E-state index is 0.0833. The third kappa shape index (κ3) is 5.85. The van der Waals surface area contributed by atoms with Gasteiger partial charge in [-0.2, -0.15) is 0 Å². The van der Waals surface area contributed by atoms with Gasteiger partial charge in [0.1, 0.15) is 12.4 Å². The van der Waals surface area contributed by atoms with Crippen LogP contribution < -0.4 is 10.6 Å². The number of para-hydroxylation sites is 1. The van der Waals surface area contributed by atoms with Crippen LogP contribution in [-0.4, -0.2) is 43.5 Å². The molecule has 2 N–H and O–H groups in total. The van der Waals surface area contributed by atoms with E-state index < -0.39 is 18.7 Å². The number of amidine groups is 2. The van der Waals surface area contributed by atoms with Gasteiger partial charge in [-0.3, -0.25) is 4.79 Å². The predicted molar refractivity (Wildman–Crippen MR) is 118 cm³/mol. The summed E-state index contributed by atoms with van der Waals surface area (Å²) < 4.78 is 0.744. The molecule has 0 aliphatic carbocycles. The Morgan fingerprint density at radius 3 is 2.39 bits per heavy atom. The second kappa shape index (κ2) is 9.21. The number of anilines is 1. The van der Waals surface area contributed by atoms with E-state index in [0.29, 0.717) is 11.3 Å². The summed E-state index contributed by atoms with van der Waals surface area (Å²) in [6.07, 6.45) is 0. The Labute approximate surface area is 196 Å². The van der Waals surface area contributed by atoms with Crippen LogP contribution in [-0.2, 0) is 9.53 Å². The summed E-state index contributed by atoms with van der Waals surface area (Å²) in [5.41, 5.74) is 0.975. The normalized spacial score (nSPS) is 20.0. The molecule has 1 heterocycles. The lowest BCUT2D eigenvalue weighted by Gasteiger charge is -2.33. The first-order valence-electron chi connectivity index (χ1n) is 7.66. The molecule has 0 fully saturated rings. The van der Waals surface area contributed by atoms with Gasteiger partial charge in [0.2, 0.25) is 7.59 Å². The quantitative estimate of drug-likeness (QED) is 0.318. The lowest BCUT2D eigenvalue weighted by atomic mass is 10.1. The van der Waals surface area contributed by atoms with Gasteiger partial charge in [0.05, 0.1) is 6.61 Å². The Bertz CT molecular complexity index is 804. The van der Waals surface area contributed by atoms with Crippen molar-refractivity contribution in [2.24, 2.45) is 9.98 Å². The maximum absolute atomic E-state index is 11.6. The number of hydrogen-bond acceptors (Lipinski definition) is 6. The molecule has 1 aromatic carbocycles. The maximum atomic E-state index is 11.6. The zero-order valence-corrected chi connectivity index (χ0v) is 19.4. The highest BCUT2D eigenvalue weighted by atomic mass is 35.6. The average Bonchev–Trinajstić information content (AvgIpc) is 2.58. The number of rotatable bonds is 5. The first-order valence-corrected chi connectivity index (χ1v) is 10.3. The molecular formula is C15H13Cl7N4O2. The number of halogens is 7. The van der Waals surface area contributed by atoms with E-state index in [1.165, 1.54) is 0 Å². The van der Waals surface area contributed by atoms with Crippen LogP contribution in [0.3, 0.4) is 0 Å². The van der Waals surface area contributed by atoms with Crippen LogP contribution in [0.2, 0.25) is 0 Å². The van der Waals surface area contributed by atoms with Gasteiger partial charge >= 0.3 is 5.97 Å². The maximum Gasteiger partial charge on any atom is 0.325 e. The first-order chi connectivity index (χ1) is 12.9. The van der Waals surface area contributed by atoms with Crippen molar-refractivity contribution in [1.29, 1.82) is 0 Å². The van der Waals surface area contributed by atoms with Crippen molar-refractivity contribution in [3.05, 3.63) is 29.8 Å². The van der Waals surface area contributed by atoms with Gasteiger partial charge < -0.3 is 15.4 Å². The summed E-state index contributed by atoms with van der Waals surface area (Å²) in [6.45, 7) is 1.89. The van der Waals surface area contributed by atoms with Crippen molar-refractivity contribution in [2.45, 2.75) is 19.6 Å². The summed E-state index contributed by atoms with van der Waals surface area (Å²) >= 11 is 42.0. The highest BCUT2D eigenvalue weighted by Gasteiger charge is 2.52. The molecule has 0 bridgehead atoms. The molecule has 1 aliphatic rings. The van der Waals surface area contributed by atoms with Crippen molar-refractivity contribution in [1.82, 2.24) is 5.32 Å². The third-order valence-electron chi connectivity index (χ3n) is 3.30. The molecule has 0 saturated heterocycles. The van der Waals surface area contributed by atoms with Gasteiger partial charge in [-0.25, -0.2) is 9.98 Å². The largest absolute Gasteiger partial charge is 0.465 e. The Balaban J connectivity index is 2.45. The van der Waals surface area contributed by atoms with Gasteiger partial charge in [-0.1, -0.05) is 93.3 Å². The number of nitrogens with one attached hydrogen (secondary N) is 2. The number of hydrogen-bond donors (Lipinski definition) is 2. The number of esters is 1. The molecule has 0 spiro atoms. The second-order valence-corrected chi connectivity index (χ2v) is 10.4. The number of alkyl halides is 7. The predicted octanol–water partition coefficient (Wildman–Crippen LogP) is 5.04. The SMILES string of the molecule is CCOC(=O)CNc1ccccc1C1=NC(Cl)(C(Cl)(Cl)Cl)N=C(C(Cl)(Cl)Cl)N1. The fourth-order valence-corrected chi connectivity index (χ4v) is 2.79. The molecule has 0 radical (unpaired) electrons. The summed E-state index contributed by atoms with van der Waals surface area (Å²) in [5, 5.41) is 3.62. The fraction of sp³-hybridized carbons (Fsp3) is 0.400. The van der Waals surface area contributed by atoms with E-state index in [0.717, 1.165) is 0 Å². The molecule has 154 valence electrons. The number of carbonyl (C=O) groups is 1. The number of nitrogens with zero attached hydrogens (tertiary/aromatic N) is 2. The lowest BCUT2D eigenvalue weighted by molar-refractivity contribution is -0.140. The Morgan fingerprint density at radius 1 is 1.18 bits per heavy atom. The smallest absolute Gasteiger partial charge is 0.325 e. The van der Waals surface area contributed by atoms with Gasteiger partial charge in [-0.15, -0.1) is 0 Å². The minimum Gasteiger partial charge on any atom is -0.465 e. The summed E-state index contributed by atoms with van der Waals surface area (Å²) in [4.78, 5) is 19.8. The fourth-order valence-electron chi connectivity index (χ4n) is 2.10. The van der Waals surface area contributed by atoms with Crippen molar-refractivity contribution in [2.75, 3.05) is 18.5 Å². The molecule has 0 amide bonds. The third-order valence-corrected chi connectivity index (χ3v) is 5.37. The molecule has 28 heavy (non-hydrogen) atoms. The molecule has 1 unspecified atom stereocenters. The molecule has 13 heteroatoms. The van der Waals surface area contributed by atoms with Crippen LogP contribution in [0.1, 0.15) is 12.5 Å². The molecule has 0 aromatic heterocycles. The average molecular weight is 529 g/mol. The van der Waals surface area contributed by atoms with E-state index >= 15 is 0 Å². The van der Waals surface area contributed by atoms with E-state index in [2.05, 4.69) is 20.6 Å². The Morgan fingerprint density at radius 2 is 1.82 bits per heavy atom. The summed E-state index contributed by atoms with van der Waals surface area (Å²) in [7, 11) is 0. The number of carbonyl (C=O) groups excluding carboxylic acids is 1. The first kappa shape index (κ1) is 23.9. The molecule has 6 nitrogen and oxygen atoms in total. The number of aliphatic imine (C=N–C) groups is 2. The van der Waals surface area contributed by atoms with Gasteiger partial charge in [0.15, 0.2) is 5.84 Å². The van der Waals surface area contributed by atoms with E-state index in [1.54, 1.807) is 31.2 Å². The van der Waals surface area contributed by atoms with Gasteiger partial charge in [-0.05, 0) is 19.1 Å². The van der Waals surface area contributed by atoms with Crippen LogP contribution in [0.25, 0.3) is 0 Å². The second-order valence-electron chi connectivity index (χ2n) is 5.33. The monoisotopic (exact) mass is 526 g/mol. The zero-order chi connectivity index (χ0) is 21.2. The van der Waals surface area contributed by atoms with Crippen molar-refractivity contribution >= 4 is 105 Å². The zero-order valence-electron chi connectivity index (χ0n) is 14.1. The van der Waals surface area contributed by atoms with Crippen LogP contribution in [0.15, 0.2) is 34.3 Å². The van der Waals surface area contributed by atoms with Crippen LogP contribution in [0, 0.1) is 0 Å². The van der Waals surface area contributed by atoms with Crippen LogP contribution in [0.4, 0.5) is 5.69 Å². The molecule has 0 saturated carbocycles. The number of benzene rings is 1. The molecule has 2 rings (SSSR count). The standard InChI is InChI=1S/C15H13Cl7N4O2/c1-2-28-10(27)7-23-9-6-4-3-5-8(9)11-24-12(13(16,17)18)26-15(22,25-11)14(19,20)21/h3-6,23H,2,7H2,1H3,(H,24,25,26). The van der Waals surface area contributed by atoms with E-state index in [1.807, 2.05) is 0 Å². The molecular weight excluding hydrogens is 516 g/mol. The Hall–Kier alpha value is -0.340. The van der Waals surface area contributed by atoms with Crippen LogP contribution in [0.5, 0.6) is 0 Å². The van der Waals surface area contributed by atoms with Crippen molar-refractivity contribution in [3.63, 3.8) is 0 Å². The van der Waals surface area contributed by atoms with Crippen LogP contribution >= 0.6 is 81.2 Å². The minimum atomic E-state index is -2.16. The highest BCUT2D eigenvalue weighted by Crippen LogP contribution is 2.47. The Kier molecular flexibility index (Phi) is 7.87. The van der Waals surface area contributed by atoms with Gasteiger partial charge in [0, 0.05) is 11.3 Å². The van der Waals surface area contributed by atoms with Crippen molar-refractivity contribution in [3.8, 4) is 0 Å². The highest BCUT2D eigenvalue weighted by molar-refractivity contribution is 6.77. The van der Waals surface area contributed by atoms with E-state index in [4.69, 9.17) is 85.9 Å². The van der Waals surface area contributed by atoms with E-state index in [9.17, 15) is 4.79 Å². The van der Waals surface area contributed by atoms with Gasteiger partial charge in [0.25, 0.3) is 5.12 Å². The van der Waals surface area contributed by atoms with E-state index in [-0.39, 0.29) is 24.8 Å². The molecule has 1 atom stereocenters. The summed E-state index contributed by atoms with van der Waals surface area (Å²) in [6, 6.07) is 6.84. The summed E-state index contributed by atoms with van der Waals surface area (Å²) in [5.74, 6) is -0.513. The molecule has 1 aromatic rings.